The molecule has 0 fully saturated rings. The molecule has 2 aromatic rings. The number of phenols is 1. The monoisotopic (exact) mass is 238 g/mol. The van der Waals surface area contributed by atoms with Gasteiger partial charge < -0.3 is 5.11 Å². The first-order chi connectivity index (χ1) is 8.70. The Hall–Kier alpha value is -2.35. The summed E-state index contributed by atoms with van der Waals surface area (Å²) in [5, 5.41) is 9.18. The summed E-state index contributed by atoms with van der Waals surface area (Å²) < 4.78 is 0. The van der Waals surface area contributed by atoms with Crippen molar-refractivity contribution in [3.63, 3.8) is 0 Å². The van der Waals surface area contributed by atoms with Crippen LogP contribution in [0, 0.1) is 0 Å². The van der Waals surface area contributed by atoms with Gasteiger partial charge in [-0.25, -0.2) is 0 Å². The number of aromatic hydroxyl groups is 1. The van der Waals surface area contributed by atoms with E-state index in [1.54, 1.807) is 12.1 Å². The first-order valence-corrected chi connectivity index (χ1v) is 5.74. The SMILES string of the molecule is C=CCc1ccc(C(=O)c2ccc(O)cc2)cc1. The summed E-state index contributed by atoms with van der Waals surface area (Å²) in [7, 11) is 0. The molecule has 2 nitrogen and oxygen atoms in total. The minimum absolute atomic E-state index is 0.0415. The Kier molecular flexibility index (Phi) is 3.58. The quantitative estimate of drug-likeness (QED) is 0.655. The van der Waals surface area contributed by atoms with E-state index in [1.165, 1.54) is 12.1 Å². The molecule has 0 aliphatic heterocycles. The first kappa shape index (κ1) is 12.1. The predicted molar refractivity (Wildman–Crippen MR) is 71.9 cm³/mol. The summed E-state index contributed by atoms with van der Waals surface area (Å²) in [5.74, 6) is 0.119. The van der Waals surface area contributed by atoms with Gasteiger partial charge in [-0.1, -0.05) is 30.3 Å². The van der Waals surface area contributed by atoms with Gasteiger partial charge in [-0.05, 0) is 36.2 Å². The molecule has 0 unspecified atom stereocenters. The second kappa shape index (κ2) is 5.32. The Morgan fingerprint density at radius 1 is 1.00 bits per heavy atom. The van der Waals surface area contributed by atoms with E-state index in [1.807, 2.05) is 30.3 Å². The van der Waals surface area contributed by atoms with Crippen molar-refractivity contribution in [1.29, 1.82) is 0 Å². The number of hydrogen-bond donors (Lipinski definition) is 1. The molecule has 0 heterocycles. The molecule has 0 aliphatic carbocycles. The van der Waals surface area contributed by atoms with Crippen LogP contribution in [0.4, 0.5) is 0 Å². The molecule has 0 saturated heterocycles. The van der Waals surface area contributed by atoms with Gasteiger partial charge in [0.25, 0.3) is 0 Å². The van der Waals surface area contributed by atoms with Gasteiger partial charge in [0.2, 0.25) is 0 Å². The summed E-state index contributed by atoms with van der Waals surface area (Å²) in [6.45, 7) is 3.68. The zero-order chi connectivity index (χ0) is 13.0. The van der Waals surface area contributed by atoms with Crippen LogP contribution in [0.5, 0.6) is 5.75 Å². The van der Waals surface area contributed by atoms with E-state index in [0.29, 0.717) is 11.1 Å². The highest BCUT2D eigenvalue weighted by Crippen LogP contribution is 2.15. The lowest BCUT2D eigenvalue weighted by Gasteiger charge is -2.03. The number of carbonyl (C=O) groups excluding carboxylic acids is 1. The van der Waals surface area contributed by atoms with Crippen molar-refractivity contribution < 1.29 is 9.90 Å². The Morgan fingerprint density at radius 3 is 2.00 bits per heavy atom. The molecular weight excluding hydrogens is 224 g/mol. The summed E-state index contributed by atoms with van der Waals surface area (Å²) in [5.41, 5.74) is 2.35. The van der Waals surface area contributed by atoms with Crippen molar-refractivity contribution in [2.45, 2.75) is 6.42 Å². The largest absolute Gasteiger partial charge is 0.508 e. The zero-order valence-electron chi connectivity index (χ0n) is 9.97. The summed E-state index contributed by atoms with van der Waals surface area (Å²) in [4.78, 5) is 12.1. The fourth-order valence-corrected chi connectivity index (χ4v) is 1.74. The van der Waals surface area contributed by atoms with E-state index >= 15 is 0 Å². The van der Waals surface area contributed by atoms with E-state index < -0.39 is 0 Å². The lowest BCUT2D eigenvalue weighted by molar-refractivity contribution is 0.103. The molecule has 90 valence electrons. The number of rotatable bonds is 4. The van der Waals surface area contributed by atoms with Crippen LogP contribution in [0.25, 0.3) is 0 Å². The second-order valence-electron chi connectivity index (χ2n) is 4.07. The van der Waals surface area contributed by atoms with E-state index in [-0.39, 0.29) is 11.5 Å². The van der Waals surface area contributed by atoms with Gasteiger partial charge in [0.15, 0.2) is 5.78 Å². The van der Waals surface area contributed by atoms with Crippen LogP contribution in [0.3, 0.4) is 0 Å². The maximum atomic E-state index is 12.1. The molecule has 2 heteroatoms. The third-order valence-electron chi connectivity index (χ3n) is 2.73. The molecule has 0 bridgehead atoms. The highest BCUT2D eigenvalue weighted by molar-refractivity contribution is 6.09. The van der Waals surface area contributed by atoms with Crippen LogP contribution >= 0.6 is 0 Å². The number of phenolic OH excluding ortho intramolecular Hbond substituents is 1. The van der Waals surface area contributed by atoms with Crippen molar-refractivity contribution in [3.8, 4) is 5.75 Å². The molecule has 2 rings (SSSR count). The lowest BCUT2D eigenvalue weighted by Crippen LogP contribution is -2.00. The van der Waals surface area contributed by atoms with E-state index in [2.05, 4.69) is 6.58 Å². The minimum atomic E-state index is -0.0415. The maximum absolute atomic E-state index is 12.1. The first-order valence-electron chi connectivity index (χ1n) is 5.74. The molecule has 0 aromatic heterocycles. The number of allylic oxidation sites excluding steroid dienone is 1. The summed E-state index contributed by atoms with van der Waals surface area (Å²) in [6.07, 6.45) is 2.63. The fourth-order valence-electron chi connectivity index (χ4n) is 1.74. The van der Waals surface area contributed by atoms with E-state index in [0.717, 1.165) is 12.0 Å². The molecular formula is C16H14O2. The molecule has 0 amide bonds. The van der Waals surface area contributed by atoms with Crippen molar-refractivity contribution >= 4 is 5.78 Å². The van der Waals surface area contributed by atoms with Crippen LogP contribution in [0.2, 0.25) is 0 Å². The van der Waals surface area contributed by atoms with Crippen LogP contribution < -0.4 is 0 Å². The van der Waals surface area contributed by atoms with Crippen molar-refractivity contribution in [2.75, 3.05) is 0 Å². The third kappa shape index (κ3) is 2.66. The van der Waals surface area contributed by atoms with Crippen molar-refractivity contribution in [2.24, 2.45) is 0 Å². The average molecular weight is 238 g/mol. The summed E-state index contributed by atoms with van der Waals surface area (Å²) >= 11 is 0. The van der Waals surface area contributed by atoms with Gasteiger partial charge in [0.05, 0.1) is 0 Å². The zero-order valence-corrected chi connectivity index (χ0v) is 9.97. The second-order valence-corrected chi connectivity index (χ2v) is 4.07. The highest BCUT2D eigenvalue weighted by Gasteiger charge is 2.08. The number of hydrogen-bond acceptors (Lipinski definition) is 2. The Balaban J connectivity index is 2.23. The molecule has 18 heavy (non-hydrogen) atoms. The van der Waals surface area contributed by atoms with Gasteiger partial charge in [0.1, 0.15) is 5.75 Å². The van der Waals surface area contributed by atoms with Crippen molar-refractivity contribution in [3.05, 3.63) is 77.9 Å². The molecule has 1 N–H and O–H groups in total. The number of benzene rings is 2. The van der Waals surface area contributed by atoms with Gasteiger partial charge in [-0.2, -0.15) is 0 Å². The fraction of sp³-hybridized carbons (Fsp3) is 0.0625. The molecule has 0 saturated carbocycles. The molecule has 2 aromatic carbocycles. The van der Waals surface area contributed by atoms with Gasteiger partial charge in [-0.3, -0.25) is 4.79 Å². The van der Waals surface area contributed by atoms with Crippen LogP contribution in [0.1, 0.15) is 21.5 Å². The molecule has 0 spiro atoms. The molecule has 0 aliphatic rings. The highest BCUT2D eigenvalue weighted by atomic mass is 16.3. The van der Waals surface area contributed by atoms with Gasteiger partial charge in [-0.15, -0.1) is 6.58 Å². The predicted octanol–water partition coefficient (Wildman–Crippen LogP) is 3.35. The van der Waals surface area contributed by atoms with Crippen LogP contribution in [-0.4, -0.2) is 10.9 Å². The number of carbonyl (C=O) groups is 1. The van der Waals surface area contributed by atoms with Gasteiger partial charge >= 0.3 is 0 Å². The topological polar surface area (TPSA) is 37.3 Å². The standard InChI is InChI=1S/C16H14O2/c1-2-3-12-4-6-13(7-5-12)16(18)14-8-10-15(17)11-9-14/h2,4-11,17H,1,3H2. The summed E-state index contributed by atoms with van der Waals surface area (Å²) in [6, 6.07) is 13.7. The Morgan fingerprint density at radius 2 is 1.50 bits per heavy atom. The van der Waals surface area contributed by atoms with Gasteiger partial charge in [0, 0.05) is 11.1 Å². The number of ketones is 1. The van der Waals surface area contributed by atoms with Crippen LogP contribution in [0.15, 0.2) is 61.2 Å². The maximum Gasteiger partial charge on any atom is 0.193 e. The Labute approximate surface area is 106 Å². The average Bonchev–Trinajstić information content (AvgIpc) is 2.40. The molecule has 0 atom stereocenters. The minimum Gasteiger partial charge on any atom is -0.508 e. The van der Waals surface area contributed by atoms with E-state index in [9.17, 15) is 9.90 Å². The van der Waals surface area contributed by atoms with E-state index in [4.69, 9.17) is 0 Å². The Bertz CT molecular complexity index is 551. The molecule has 0 radical (unpaired) electrons. The third-order valence-corrected chi connectivity index (χ3v) is 2.73. The lowest BCUT2D eigenvalue weighted by atomic mass is 10.0. The normalized spacial score (nSPS) is 10.0. The van der Waals surface area contributed by atoms with Crippen LogP contribution in [-0.2, 0) is 6.42 Å². The smallest absolute Gasteiger partial charge is 0.193 e. The van der Waals surface area contributed by atoms with Crippen molar-refractivity contribution in [1.82, 2.24) is 0 Å².